The molecule has 7 heteroatoms. The summed E-state index contributed by atoms with van der Waals surface area (Å²) in [6.07, 6.45) is 0. The van der Waals surface area contributed by atoms with Crippen LogP contribution in [0.5, 0.6) is 0 Å². The van der Waals surface area contributed by atoms with Gasteiger partial charge in [0.05, 0.1) is 11.4 Å². The number of imide groups is 1. The van der Waals surface area contributed by atoms with Crippen LogP contribution in [0.4, 0.5) is 21.9 Å². The third kappa shape index (κ3) is 3.73. The number of hydrogen-bond acceptors (Lipinski definition) is 4. The highest BCUT2D eigenvalue weighted by atomic mass is 35.5. The van der Waals surface area contributed by atoms with Gasteiger partial charge in [-0.1, -0.05) is 17.7 Å². The zero-order valence-electron chi connectivity index (χ0n) is 12.2. The van der Waals surface area contributed by atoms with E-state index in [1.165, 1.54) is 0 Å². The summed E-state index contributed by atoms with van der Waals surface area (Å²) in [6.45, 7) is 1.62. The normalized spacial score (nSPS) is 12.4. The van der Waals surface area contributed by atoms with Crippen LogP contribution in [0.1, 0.15) is 10.4 Å². The molecule has 118 valence electrons. The monoisotopic (exact) mass is 330 g/mol. The van der Waals surface area contributed by atoms with Gasteiger partial charge >= 0.3 is 6.03 Å². The molecule has 0 fully saturated rings. The van der Waals surface area contributed by atoms with Gasteiger partial charge in [-0.2, -0.15) is 0 Å². The van der Waals surface area contributed by atoms with Crippen molar-refractivity contribution in [1.29, 1.82) is 0 Å². The van der Waals surface area contributed by atoms with E-state index in [1.54, 1.807) is 36.4 Å². The Morgan fingerprint density at radius 3 is 2.57 bits per heavy atom. The first kappa shape index (κ1) is 15.2. The second-order valence-corrected chi connectivity index (χ2v) is 5.47. The Kier molecular flexibility index (Phi) is 4.34. The van der Waals surface area contributed by atoms with E-state index in [-0.39, 0.29) is 0 Å². The number of carbonyl (C=O) groups excluding carboxylic acids is 2. The number of benzene rings is 2. The van der Waals surface area contributed by atoms with Crippen molar-refractivity contribution in [1.82, 2.24) is 5.32 Å². The summed E-state index contributed by atoms with van der Waals surface area (Å²) in [5, 5.41) is 11.8. The summed E-state index contributed by atoms with van der Waals surface area (Å²) in [5.74, 6) is -0.472. The molecule has 0 spiro atoms. The maximum Gasteiger partial charge on any atom is 0.326 e. The van der Waals surface area contributed by atoms with Crippen molar-refractivity contribution >= 4 is 40.6 Å². The van der Waals surface area contributed by atoms with Crippen molar-refractivity contribution in [2.24, 2.45) is 0 Å². The zero-order chi connectivity index (χ0) is 16.2. The number of rotatable bonds is 2. The third-order valence-corrected chi connectivity index (χ3v) is 3.58. The molecule has 1 aliphatic rings. The van der Waals surface area contributed by atoms with Crippen molar-refractivity contribution < 1.29 is 9.59 Å². The average Bonchev–Trinajstić information content (AvgIpc) is 2.54. The minimum Gasteiger partial charge on any atom is -0.382 e. The predicted molar refractivity (Wildman–Crippen MR) is 91.4 cm³/mol. The lowest BCUT2D eigenvalue weighted by Gasteiger charge is -2.20. The summed E-state index contributed by atoms with van der Waals surface area (Å²) in [4.78, 5) is 24.0. The van der Waals surface area contributed by atoms with Crippen molar-refractivity contribution in [3.8, 4) is 0 Å². The molecular weight excluding hydrogens is 316 g/mol. The first-order valence-electron chi connectivity index (χ1n) is 7.11. The molecule has 0 aliphatic carbocycles. The summed E-state index contributed by atoms with van der Waals surface area (Å²) in [6, 6.07) is 11.3. The molecule has 6 nitrogen and oxygen atoms in total. The molecular formula is C16H15ClN4O2. The van der Waals surface area contributed by atoms with Gasteiger partial charge in [0, 0.05) is 29.4 Å². The molecule has 0 unspecified atom stereocenters. The fraction of sp³-hybridized carbons (Fsp3) is 0.125. The van der Waals surface area contributed by atoms with Gasteiger partial charge in [-0.3, -0.25) is 10.1 Å². The van der Waals surface area contributed by atoms with Crippen LogP contribution in [-0.4, -0.2) is 25.0 Å². The standard InChI is InChI=1S/C16H15ClN4O2/c17-11-2-1-3-12(9-11)20-16(23)21-15(22)10-4-5-13-14(8-10)19-7-6-18-13/h1-5,8-9,18-19H,6-7H2,(H2,20,21,22,23). The number of urea groups is 1. The molecule has 23 heavy (non-hydrogen) atoms. The Morgan fingerprint density at radius 1 is 1.00 bits per heavy atom. The minimum absolute atomic E-state index is 0.404. The Balaban J connectivity index is 1.65. The topological polar surface area (TPSA) is 82.3 Å². The number of hydrogen-bond donors (Lipinski definition) is 4. The highest BCUT2D eigenvalue weighted by Gasteiger charge is 2.14. The van der Waals surface area contributed by atoms with E-state index in [0.29, 0.717) is 16.3 Å². The first-order chi connectivity index (χ1) is 11.1. The maximum absolute atomic E-state index is 12.2. The molecule has 3 rings (SSSR count). The molecule has 0 bridgehead atoms. The summed E-state index contributed by atoms with van der Waals surface area (Å²) < 4.78 is 0. The van der Waals surface area contributed by atoms with E-state index in [1.807, 2.05) is 6.07 Å². The van der Waals surface area contributed by atoms with Gasteiger partial charge < -0.3 is 16.0 Å². The highest BCUT2D eigenvalue weighted by Crippen LogP contribution is 2.25. The molecule has 0 aromatic heterocycles. The van der Waals surface area contributed by atoms with Crippen LogP contribution in [0.2, 0.25) is 5.02 Å². The van der Waals surface area contributed by atoms with Gasteiger partial charge in [0.25, 0.3) is 5.91 Å². The Labute approximate surface area is 138 Å². The van der Waals surface area contributed by atoms with E-state index < -0.39 is 11.9 Å². The Hall–Kier alpha value is -2.73. The van der Waals surface area contributed by atoms with Crippen LogP contribution in [0.25, 0.3) is 0 Å². The molecule has 0 saturated heterocycles. The van der Waals surface area contributed by atoms with E-state index in [2.05, 4.69) is 21.3 Å². The van der Waals surface area contributed by atoms with Gasteiger partial charge in [0.2, 0.25) is 0 Å². The molecule has 2 aromatic carbocycles. The summed E-state index contributed by atoms with van der Waals surface area (Å²) >= 11 is 5.85. The second kappa shape index (κ2) is 6.58. The van der Waals surface area contributed by atoms with E-state index in [4.69, 9.17) is 11.6 Å². The fourth-order valence-corrected chi connectivity index (χ4v) is 2.47. The number of amides is 3. The second-order valence-electron chi connectivity index (χ2n) is 5.03. The van der Waals surface area contributed by atoms with Crippen molar-refractivity contribution in [2.45, 2.75) is 0 Å². The average molecular weight is 331 g/mol. The fourth-order valence-electron chi connectivity index (χ4n) is 2.28. The number of carbonyl (C=O) groups is 2. The van der Waals surface area contributed by atoms with Gasteiger partial charge in [0.1, 0.15) is 0 Å². The highest BCUT2D eigenvalue weighted by molar-refractivity contribution is 6.30. The van der Waals surface area contributed by atoms with E-state index in [0.717, 1.165) is 24.5 Å². The van der Waals surface area contributed by atoms with Gasteiger partial charge in [-0.15, -0.1) is 0 Å². The van der Waals surface area contributed by atoms with Crippen LogP contribution >= 0.6 is 11.6 Å². The van der Waals surface area contributed by atoms with E-state index in [9.17, 15) is 9.59 Å². The van der Waals surface area contributed by atoms with E-state index >= 15 is 0 Å². The molecule has 1 aliphatic heterocycles. The maximum atomic E-state index is 12.2. The molecule has 0 radical (unpaired) electrons. The smallest absolute Gasteiger partial charge is 0.326 e. The van der Waals surface area contributed by atoms with Crippen LogP contribution in [-0.2, 0) is 0 Å². The molecule has 0 atom stereocenters. The third-order valence-electron chi connectivity index (χ3n) is 3.35. The van der Waals surface area contributed by atoms with Gasteiger partial charge in [-0.05, 0) is 36.4 Å². The van der Waals surface area contributed by atoms with Gasteiger partial charge in [0.15, 0.2) is 0 Å². The summed E-state index contributed by atoms with van der Waals surface area (Å²) in [7, 11) is 0. The molecule has 1 heterocycles. The van der Waals surface area contributed by atoms with Crippen molar-refractivity contribution in [2.75, 3.05) is 29.0 Å². The molecule has 3 amide bonds. The van der Waals surface area contributed by atoms with Gasteiger partial charge in [-0.25, -0.2) is 4.79 Å². The summed E-state index contributed by atoms with van der Waals surface area (Å²) in [5.41, 5.74) is 2.70. The largest absolute Gasteiger partial charge is 0.382 e. The van der Waals surface area contributed by atoms with Crippen molar-refractivity contribution in [3.05, 3.63) is 53.1 Å². The predicted octanol–water partition coefficient (Wildman–Crippen LogP) is 3.14. The molecule has 4 N–H and O–H groups in total. The van der Waals surface area contributed by atoms with Crippen LogP contribution in [0.3, 0.4) is 0 Å². The number of nitrogens with one attached hydrogen (secondary N) is 4. The minimum atomic E-state index is -0.610. The van der Waals surface area contributed by atoms with Crippen LogP contribution in [0.15, 0.2) is 42.5 Å². The molecule has 0 saturated carbocycles. The first-order valence-corrected chi connectivity index (χ1v) is 7.49. The number of fused-ring (bicyclic) bond motifs is 1. The Bertz CT molecular complexity index is 763. The van der Waals surface area contributed by atoms with Crippen molar-refractivity contribution in [3.63, 3.8) is 0 Å². The molecule has 2 aromatic rings. The lowest BCUT2D eigenvalue weighted by molar-refractivity contribution is 0.0967. The number of halogens is 1. The number of anilines is 3. The van der Waals surface area contributed by atoms with Crippen LogP contribution in [0, 0.1) is 0 Å². The lowest BCUT2D eigenvalue weighted by Crippen LogP contribution is -2.34. The quantitative estimate of drug-likeness (QED) is 0.682. The van der Waals surface area contributed by atoms with Crippen LogP contribution < -0.4 is 21.3 Å². The zero-order valence-corrected chi connectivity index (χ0v) is 12.9. The Morgan fingerprint density at radius 2 is 1.78 bits per heavy atom. The lowest BCUT2D eigenvalue weighted by atomic mass is 10.1. The SMILES string of the molecule is O=C(NC(=O)c1ccc2c(c1)NCCN2)Nc1cccc(Cl)c1.